The SMILES string of the molecule is CC[C@@H](C)NC(=O)c1cnn2c1N[C@H](c1ccc(OC)cc1)C[C@@H]2C(F)(F)F. The maximum absolute atomic E-state index is 13.7. The van der Waals surface area contributed by atoms with E-state index in [1.807, 2.05) is 13.8 Å². The zero-order valence-corrected chi connectivity index (χ0v) is 15.9. The molecule has 2 heterocycles. The third kappa shape index (κ3) is 3.93. The minimum atomic E-state index is -4.49. The Morgan fingerprint density at radius 3 is 2.64 bits per heavy atom. The Kier molecular flexibility index (Phi) is 5.53. The average Bonchev–Trinajstić information content (AvgIpc) is 3.10. The van der Waals surface area contributed by atoms with Crippen LogP contribution in [0.25, 0.3) is 0 Å². The van der Waals surface area contributed by atoms with Gasteiger partial charge < -0.3 is 15.4 Å². The molecule has 9 heteroatoms. The van der Waals surface area contributed by atoms with Crippen molar-refractivity contribution >= 4 is 11.7 Å². The summed E-state index contributed by atoms with van der Waals surface area (Å²) in [6.45, 7) is 3.75. The van der Waals surface area contributed by atoms with Crippen LogP contribution in [0.3, 0.4) is 0 Å². The first-order valence-corrected chi connectivity index (χ1v) is 9.10. The Morgan fingerprint density at radius 2 is 2.07 bits per heavy atom. The van der Waals surface area contributed by atoms with Crippen LogP contribution in [0.15, 0.2) is 30.5 Å². The fourth-order valence-electron chi connectivity index (χ4n) is 3.19. The number of nitrogens with one attached hydrogen (secondary N) is 2. The fourth-order valence-corrected chi connectivity index (χ4v) is 3.19. The summed E-state index contributed by atoms with van der Waals surface area (Å²) in [5.74, 6) is 0.250. The minimum absolute atomic E-state index is 0.0789. The van der Waals surface area contributed by atoms with E-state index in [9.17, 15) is 18.0 Å². The van der Waals surface area contributed by atoms with E-state index in [2.05, 4.69) is 15.7 Å². The van der Waals surface area contributed by atoms with Crippen molar-refractivity contribution < 1.29 is 22.7 Å². The average molecular weight is 396 g/mol. The van der Waals surface area contributed by atoms with Crippen LogP contribution >= 0.6 is 0 Å². The van der Waals surface area contributed by atoms with Crippen LogP contribution in [0.1, 0.15) is 54.7 Å². The van der Waals surface area contributed by atoms with Gasteiger partial charge >= 0.3 is 6.18 Å². The molecule has 3 rings (SSSR count). The first-order valence-electron chi connectivity index (χ1n) is 9.10. The van der Waals surface area contributed by atoms with Gasteiger partial charge in [0.2, 0.25) is 0 Å². The molecule has 1 aromatic carbocycles. The van der Waals surface area contributed by atoms with Gasteiger partial charge in [0.25, 0.3) is 5.91 Å². The topological polar surface area (TPSA) is 68.2 Å². The largest absolute Gasteiger partial charge is 0.497 e. The van der Waals surface area contributed by atoms with E-state index in [0.29, 0.717) is 17.7 Å². The van der Waals surface area contributed by atoms with Crippen molar-refractivity contribution in [2.45, 2.75) is 51.0 Å². The molecule has 1 aliphatic heterocycles. The third-order valence-corrected chi connectivity index (χ3v) is 4.99. The van der Waals surface area contributed by atoms with E-state index in [0.717, 1.165) is 4.68 Å². The Bertz CT molecular complexity index is 833. The molecule has 0 saturated heterocycles. The van der Waals surface area contributed by atoms with Gasteiger partial charge in [0.1, 0.15) is 17.1 Å². The zero-order chi connectivity index (χ0) is 20.5. The van der Waals surface area contributed by atoms with Crippen molar-refractivity contribution in [3.63, 3.8) is 0 Å². The van der Waals surface area contributed by atoms with Gasteiger partial charge in [-0.1, -0.05) is 19.1 Å². The van der Waals surface area contributed by atoms with Gasteiger partial charge in [-0.15, -0.1) is 0 Å². The highest BCUT2D eigenvalue weighted by atomic mass is 19.4. The number of amides is 1. The summed E-state index contributed by atoms with van der Waals surface area (Å²) in [6.07, 6.45) is -2.81. The van der Waals surface area contributed by atoms with E-state index in [4.69, 9.17) is 4.74 Å². The monoisotopic (exact) mass is 396 g/mol. The van der Waals surface area contributed by atoms with E-state index >= 15 is 0 Å². The molecule has 6 nitrogen and oxygen atoms in total. The number of benzene rings is 1. The highest BCUT2D eigenvalue weighted by molar-refractivity contribution is 5.99. The van der Waals surface area contributed by atoms with Gasteiger partial charge in [-0.25, -0.2) is 4.68 Å². The Labute approximate surface area is 161 Å². The number of carbonyl (C=O) groups is 1. The lowest BCUT2D eigenvalue weighted by molar-refractivity contribution is -0.173. The molecule has 152 valence electrons. The normalized spacial score (nSPS) is 20.1. The second-order valence-corrected chi connectivity index (χ2v) is 6.90. The molecule has 0 fully saturated rings. The molecule has 1 amide bonds. The first kappa shape index (κ1) is 20.0. The fraction of sp³-hybridized carbons (Fsp3) is 0.474. The quantitative estimate of drug-likeness (QED) is 0.799. The minimum Gasteiger partial charge on any atom is -0.497 e. The maximum atomic E-state index is 13.7. The molecule has 0 spiro atoms. The number of hydrogen-bond acceptors (Lipinski definition) is 4. The number of ether oxygens (including phenoxy) is 1. The van der Waals surface area contributed by atoms with E-state index in [1.54, 1.807) is 24.3 Å². The molecule has 1 aliphatic rings. The summed E-state index contributed by atoms with van der Waals surface area (Å²) in [5, 5.41) is 9.72. The summed E-state index contributed by atoms with van der Waals surface area (Å²) in [4.78, 5) is 12.5. The molecular weight excluding hydrogens is 373 g/mol. The van der Waals surface area contributed by atoms with Gasteiger partial charge in [0, 0.05) is 12.5 Å². The highest BCUT2D eigenvalue weighted by Crippen LogP contribution is 2.44. The Hall–Kier alpha value is -2.71. The van der Waals surface area contributed by atoms with Crippen molar-refractivity contribution in [1.82, 2.24) is 15.1 Å². The number of carbonyl (C=O) groups excluding carboxylic acids is 1. The molecule has 0 aliphatic carbocycles. The van der Waals surface area contributed by atoms with Gasteiger partial charge in [0.15, 0.2) is 6.04 Å². The summed E-state index contributed by atoms with van der Waals surface area (Å²) >= 11 is 0. The number of alkyl halides is 3. The molecule has 2 N–H and O–H groups in total. The van der Waals surface area contributed by atoms with Crippen molar-refractivity contribution in [3.05, 3.63) is 41.6 Å². The summed E-state index contributed by atoms with van der Waals surface area (Å²) in [5.41, 5.74) is 0.781. The van der Waals surface area contributed by atoms with E-state index in [-0.39, 0.29) is 23.8 Å². The van der Waals surface area contributed by atoms with Gasteiger partial charge in [-0.3, -0.25) is 4.79 Å². The van der Waals surface area contributed by atoms with Crippen molar-refractivity contribution in [2.75, 3.05) is 12.4 Å². The predicted octanol–water partition coefficient (Wildman–Crippen LogP) is 4.08. The molecule has 1 aromatic heterocycles. The molecule has 28 heavy (non-hydrogen) atoms. The Morgan fingerprint density at radius 1 is 1.39 bits per heavy atom. The summed E-state index contributed by atoms with van der Waals surface area (Å²) in [6, 6.07) is 4.30. The smallest absolute Gasteiger partial charge is 0.410 e. The first-order chi connectivity index (χ1) is 13.2. The van der Waals surface area contributed by atoms with Crippen LogP contribution in [-0.4, -0.2) is 35.0 Å². The lowest BCUT2D eigenvalue weighted by atomic mass is 9.96. The van der Waals surface area contributed by atoms with E-state index < -0.39 is 24.2 Å². The van der Waals surface area contributed by atoms with Crippen LogP contribution in [0.2, 0.25) is 0 Å². The lowest BCUT2D eigenvalue weighted by Crippen LogP contribution is -2.37. The zero-order valence-electron chi connectivity index (χ0n) is 15.9. The molecule has 0 radical (unpaired) electrons. The molecule has 3 atom stereocenters. The molecular formula is C19H23F3N4O2. The number of rotatable bonds is 5. The van der Waals surface area contributed by atoms with Crippen LogP contribution in [0.5, 0.6) is 5.75 Å². The van der Waals surface area contributed by atoms with E-state index in [1.165, 1.54) is 13.3 Å². The van der Waals surface area contributed by atoms with Gasteiger partial charge in [-0.05, 0) is 31.0 Å². The Balaban J connectivity index is 1.96. The maximum Gasteiger partial charge on any atom is 0.410 e. The number of hydrogen-bond donors (Lipinski definition) is 2. The van der Waals surface area contributed by atoms with Crippen LogP contribution in [-0.2, 0) is 0 Å². The predicted molar refractivity (Wildman–Crippen MR) is 98.5 cm³/mol. The van der Waals surface area contributed by atoms with Crippen molar-refractivity contribution in [2.24, 2.45) is 0 Å². The number of nitrogens with zero attached hydrogens (tertiary/aromatic N) is 2. The number of halogens is 3. The lowest BCUT2D eigenvalue weighted by Gasteiger charge is -2.34. The van der Waals surface area contributed by atoms with Gasteiger partial charge in [0.05, 0.1) is 19.3 Å². The molecule has 0 unspecified atom stereocenters. The standard InChI is InChI=1S/C19H23F3N4O2/c1-4-11(2)24-18(27)14-10-23-26-16(19(20,21)22)9-15(25-17(14)26)12-5-7-13(28-3)8-6-12/h5-8,10-11,15-16,25H,4,9H2,1-3H3,(H,24,27)/t11-,15+,16-/m1/s1. The number of fused-ring (bicyclic) bond motifs is 1. The highest BCUT2D eigenvalue weighted by Gasteiger charge is 2.47. The van der Waals surface area contributed by atoms with Crippen LogP contribution < -0.4 is 15.4 Å². The van der Waals surface area contributed by atoms with Crippen molar-refractivity contribution in [1.29, 1.82) is 0 Å². The van der Waals surface area contributed by atoms with Crippen molar-refractivity contribution in [3.8, 4) is 5.75 Å². The summed E-state index contributed by atoms with van der Waals surface area (Å²) in [7, 11) is 1.52. The van der Waals surface area contributed by atoms with Crippen LogP contribution in [0, 0.1) is 0 Å². The number of aromatic nitrogens is 2. The summed E-state index contributed by atoms with van der Waals surface area (Å²) < 4.78 is 47.1. The molecule has 0 bridgehead atoms. The van der Waals surface area contributed by atoms with Crippen LogP contribution in [0.4, 0.5) is 19.0 Å². The number of anilines is 1. The third-order valence-electron chi connectivity index (χ3n) is 4.99. The van der Waals surface area contributed by atoms with Gasteiger partial charge in [-0.2, -0.15) is 18.3 Å². The number of methoxy groups -OCH3 is 1. The second-order valence-electron chi connectivity index (χ2n) is 6.90. The second kappa shape index (κ2) is 7.73. The molecule has 0 saturated carbocycles. The molecule has 2 aromatic rings.